The van der Waals surface area contributed by atoms with E-state index in [4.69, 9.17) is 21.1 Å². The zero-order chi connectivity index (χ0) is 13.2. The summed E-state index contributed by atoms with van der Waals surface area (Å²) in [7, 11) is 0. The van der Waals surface area contributed by atoms with E-state index in [9.17, 15) is 0 Å². The van der Waals surface area contributed by atoms with Crippen LogP contribution in [0.1, 0.15) is 16.5 Å². The van der Waals surface area contributed by atoms with Crippen molar-refractivity contribution in [3.63, 3.8) is 0 Å². The SMILES string of the molecule is Cc1ccc(C(Cl)C2COc3ccccc3O2)cc1. The molecule has 3 rings (SSSR count). The molecule has 0 spiro atoms. The van der Waals surface area contributed by atoms with Crippen LogP contribution in [-0.2, 0) is 0 Å². The third-order valence-corrected chi connectivity index (χ3v) is 3.79. The Kier molecular flexibility index (Phi) is 3.34. The zero-order valence-corrected chi connectivity index (χ0v) is 11.4. The Labute approximate surface area is 117 Å². The fraction of sp³-hybridized carbons (Fsp3) is 0.250. The van der Waals surface area contributed by atoms with Gasteiger partial charge >= 0.3 is 0 Å². The molecule has 0 N–H and O–H groups in total. The highest BCUT2D eigenvalue weighted by molar-refractivity contribution is 6.21. The molecule has 2 aromatic rings. The molecule has 0 saturated carbocycles. The van der Waals surface area contributed by atoms with Crippen molar-refractivity contribution >= 4 is 11.6 Å². The Morgan fingerprint density at radius 1 is 1.05 bits per heavy atom. The Bertz CT molecular complexity index is 565. The first kappa shape index (κ1) is 12.4. The number of fused-ring (bicyclic) bond motifs is 1. The summed E-state index contributed by atoms with van der Waals surface area (Å²) in [5.74, 6) is 1.54. The molecule has 2 unspecified atom stereocenters. The van der Waals surface area contributed by atoms with Crippen LogP contribution in [-0.4, -0.2) is 12.7 Å². The molecule has 3 heteroatoms. The predicted octanol–water partition coefficient (Wildman–Crippen LogP) is 4.11. The maximum absolute atomic E-state index is 6.50. The third kappa shape index (κ3) is 2.54. The molecule has 0 radical (unpaired) electrons. The molecule has 0 fully saturated rings. The maximum atomic E-state index is 6.50. The van der Waals surface area contributed by atoms with Gasteiger partial charge in [0.2, 0.25) is 0 Å². The number of hydrogen-bond donors (Lipinski definition) is 0. The van der Waals surface area contributed by atoms with Gasteiger partial charge in [0, 0.05) is 0 Å². The van der Waals surface area contributed by atoms with Crippen LogP contribution in [0.25, 0.3) is 0 Å². The first-order valence-electron chi connectivity index (χ1n) is 6.33. The lowest BCUT2D eigenvalue weighted by Crippen LogP contribution is -2.32. The second-order valence-corrected chi connectivity index (χ2v) is 5.20. The number of alkyl halides is 1. The molecule has 1 aliphatic heterocycles. The Balaban J connectivity index is 1.79. The first-order valence-corrected chi connectivity index (χ1v) is 6.77. The molecule has 98 valence electrons. The molecule has 0 saturated heterocycles. The van der Waals surface area contributed by atoms with Gasteiger partial charge in [0.1, 0.15) is 6.61 Å². The minimum Gasteiger partial charge on any atom is -0.486 e. The molecule has 1 heterocycles. The molecule has 1 aliphatic rings. The molecule has 0 aliphatic carbocycles. The topological polar surface area (TPSA) is 18.5 Å². The van der Waals surface area contributed by atoms with Gasteiger partial charge < -0.3 is 9.47 Å². The van der Waals surface area contributed by atoms with Gasteiger partial charge in [-0.15, -0.1) is 11.6 Å². The summed E-state index contributed by atoms with van der Waals surface area (Å²) in [6, 6.07) is 15.9. The van der Waals surface area contributed by atoms with Crippen molar-refractivity contribution in [2.45, 2.75) is 18.4 Å². The summed E-state index contributed by atoms with van der Waals surface area (Å²) in [5.41, 5.74) is 2.28. The molecular weight excluding hydrogens is 260 g/mol. The van der Waals surface area contributed by atoms with Crippen LogP contribution in [0.15, 0.2) is 48.5 Å². The van der Waals surface area contributed by atoms with Crippen LogP contribution < -0.4 is 9.47 Å². The van der Waals surface area contributed by atoms with Crippen molar-refractivity contribution in [3.8, 4) is 11.5 Å². The Morgan fingerprint density at radius 2 is 1.74 bits per heavy atom. The summed E-state index contributed by atoms with van der Waals surface area (Å²) in [6.45, 7) is 2.53. The summed E-state index contributed by atoms with van der Waals surface area (Å²) in [4.78, 5) is 0. The minimum absolute atomic E-state index is 0.167. The Hall–Kier alpha value is -1.67. The van der Waals surface area contributed by atoms with Gasteiger partial charge in [-0.2, -0.15) is 0 Å². The van der Waals surface area contributed by atoms with Crippen molar-refractivity contribution in [1.29, 1.82) is 0 Å². The molecule has 2 aromatic carbocycles. The normalized spacial score (nSPS) is 18.9. The second kappa shape index (κ2) is 5.14. The average molecular weight is 275 g/mol. The van der Waals surface area contributed by atoms with Gasteiger partial charge in [0.25, 0.3) is 0 Å². The van der Waals surface area contributed by atoms with Gasteiger partial charge in [0.15, 0.2) is 17.6 Å². The number of ether oxygens (including phenoxy) is 2. The van der Waals surface area contributed by atoms with E-state index in [1.165, 1.54) is 5.56 Å². The van der Waals surface area contributed by atoms with Crippen LogP contribution in [0.2, 0.25) is 0 Å². The van der Waals surface area contributed by atoms with Crippen molar-refractivity contribution in [3.05, 3.63) is 59.7 Å². The summed E-state index contributed by atoms with van der Waals surface area (Å²) < 4.78 is 11.6. The maximum Gasteiger partial charge on any atom is 0.161 e. The highest BCUT2D eigenvalue weighted by atomic mass is 35.5. The van der Waals surface area contributed by atoms with Gasteiger partial charge in [-0.1, -0.05) is 42.0 Å². The number of para-hydroxylation sites is 2. The van der Waals surface area contributed by atoms with E-state index in [2.05, 4.69) is 19.1 Å². The number of hydrogen-bond acceptors (Lipinski definition) is 2. The molecule has 0 amide bonds. The van der Waals surface area contributed by atoms with E-state index >= 15 is 0 Å². The summed E-state index contributed by atoms with van der Waals surface area (Å²) >= 11 is 6.50. The molecule has 2 atom stereocenters. The highest BCUT2D eigenvalue weighted by Crippen LogP contribution is 2.36. The summed E-state index contributed by atoms with van der Waals surface area (Å²) in [5, 5.41) is -0.214. The van der Waals surface area contributed by atoms with Crippen LogP contribution in [0.5, 0.6) is 11.5 Å². The van der Waals surface area contributed by atoms with E-state index in [-0.39, 0.29) is 11.5 Å². The number of aryl methyl sites for hydroxylation is 1. The average Bonchev–Trinajstić information content (AvgIpc) is 2.47. The monoisotopic (exact) mass is 274 g/mol. The highest BCUT2D eigenvalue weighted by Gasteiger charge is 2.28. The number of benzene rings is 2. The Morgan fingerprint density at radius 3 is 2.47 bits per heavy atom. The van der Waals surface area contributed by atoms with E-state index in [0.717, 1.165) is 17.1 Å². The minimum atomic E-state index is -0.214. The van der Waals surface area contributed by atoms with Gasteiger partial charge in [-0.25, -0.2) is 0 Å². The molecule has 0 aromatic heterocycles. The number of rotatable bonds is 2. The second-order valence-electron chi connectivity index (χ2n) is 4.73. The predicted molar refractivity (Wildman–Crippen MR) is 76.1 cm³/mol. The van der Waals surface area contributed by atoms with Gasteiger partial charge in [-0.3, -0.25) is 0 Å². The van der Waals surface area contributed by atoms with Crippen molar-refractivity contribution in [2.24, 2.45) is 0 Å². The first-order chi connectivity index (χ1) is 9.24. The lowest BCUT2D eigenvalue weighted by Gasteiger charge is -2.29. The standard InChI is InChI=1S/C16H15ClO2/c1-11-6-8-12(9-7-11)16(17)15-10-18-13-4-2-3-5-14(13)19-15/h2-9,15-16H,10H2,1H3. The van der Waals surface area contributed by atoms with Crippen molar-refractivity contribution in [2.75, 3.05) is 6.61 Å². The summed E-state index contributed by atoms with van der Waals surface area (Å²) in [6.07, 6.45) is -0.167. The molecule has 19 heavy (non-hydrogen) atoms. The van der Waals surface area contributed by atoms with Crippen molar-refractivity contribution in [1.82, 2.24) is 0 Å². The number of halogens is 1. The van der Waals surface area contributed by atoms with Crippen molar-refractivity contribution < 1.29 is 9.47 Å². The fourth-order valence-electron chi connectivity index (χ4n) is 2.14. The van der Waals surface area contributed by atoms with Crippen LogP contribution >= 0.6 is 11.6 Å². The zero-order valence-electron chi connectivity index (χ0n) is 10.7. The lowest BCUT2D eigenvalue weighted by molar-refractivity contribution is 0.0877. The van der Waals surface area contributed by atoms with Gasteiger partial charge in [0.05, 0.1) is 5.38 Å². The van der Waals surface area contributed by atoms with Crippen LogP contribution in [0.3, 0.4) is 0 Å². The quantitative estimate of drug-likeness (QED) is 0.767. The molecule has 2 nitrogen and oxygen atoms in total. The molecular formula is C16H15ClO2. The van der Waals surface area contributed by atoms with E-state index in [1.54, 1.807) is 0 Å². The smallest absolute Gasteiger partial charge is 0.161 e. The van der Waals surface area contributed by atoms with Crippen LogP contribution in [0.4, 0.5) is 0 Å². The van der Waals surface area contributed by atoms with E-state index < -0.39 is 0 Å². The fourth-order valence-corrected chi connectivity index (χ4v) is 2.41. The van der Waals surface area contributed by atoms with Crippen LogP contribution in [0, 0.1) is 6.92 Å². The van der Waals surface area contributed by atoms with Gasteiger partial charge in [-0.05, 0) is 24.6 Å². The third-order valence-electron chi connectivity index (χ3n) is 3.25. The molecule has 0 bridgehead atoms. The largest absolute Gasteiger partial charge is 0.486 e. The van der Waals surface area contributed by atoms with E-state index in [0.29, 0.717) is 6.61 Å². The van der Waals surface area contributed by atoms with E-state index in [1.807, 2.05) is 36.4 Å². The lowest BCUT2D eigenvalue weighted by atomic mass is 10.1.